The SMILES string of the molecule is CCCCCC=CCC=CCC=CCCCCC(=O)OC(COC(=O)CCCCCCCCCCCC=CCCCCCCCC)COP(=O)(O)OCCN. The van der Waals surface area contributed by atoms with E-state index in [9.17, 15) is 19.0 Å². The van der Waals surface area contributed by atoms with Gasteiger partial charge in [-0.1, -0.05) is 152 Å². The number of rotatable bonds is 41. The van der Waals surface area contributed by atoms with Gasteiger partial charge in [0.1, 0.15) is 6.61 Å². The Morgan fingerprint density at radius 3 is 1.49 bits per heavy atom. The molecule has 0 saturated carbocycles. The standard InChI is InChI=1S/C45H82NO8P/c1-3-5-7-9-11-13-15-17-19-20-21-22-24-25-27-29-31-33-35-37-44(47)51-41-43(42-53-55(49,50)52-40-39-46)54-45(48)38-36-34-32-30-28-26-23-18-16-14-12-10-8-6-4-2/h12,14,17-19,23,28,30,43H,3-11,13,15-16,20-22,24-27,29,31-42,46H2,1-2H3,(H,49,50). The molecule has 0 aliphatic carbocycles. The van der Waals surface area contributed by atoms with Crippen molar-refractivity contribution in [3.05, 3.63) is 48.6 Å². The highest BCUT2D eigenvalue weighted by Crippen LogP contribution is 2.43. The molecule has 0 bridgehead atoms. The molecule has 0 aromatic heterocycles. The van der Waals surface area contributed by atoms with Gasteiger partial charge in [0.15, 0.2) is 6.10 Å². The van der Waals surface area contributed by atoms with Crippen LogP contribution >= 0.6 is 7.82 Å². The predicted molar refractivity (Wildman–Crippen MR) is 229 cm³/mol. The maximum Gasteiger partial charge on any atom is 0.472 e. The molecule has 0 spiro atoms. The zero-order valence-corrected chi connectivity index (χ0v) is 36.0. The first-order chi connectivity index (χ1) is 26.8. The second kappa shape index (κ2) is 41.6. The summed E-state index contributed by atoms with van der Waals surface area (Å²) in [5.74, 6) is -0.875. The fourth-order valence-corrected chi connectivity index (χ4v) is 6.64. The van der Waals surface area contributed by atoms with E-state index in [1.54, 1.807) is 0 Å². The summed E-state index contributed by atoms with van der Waals surface area (Å²) < 4.78 is 32.7. The van der Waals surface area contributed by atoms with E-state index in [4.69, 9.17) is 24.3 Å². The van der Waals surface area contributed by atoms with Gasteiger partial charge < -0.3 is 20.1 Å². The topological polar surface area (TPSA) is 134 Å². The van der Waals surface area contributed by atoms with E-state index in [1.807, 2.05) is 0 Å². The van der Waals surface area contributed by atoms with Crippen LogP contribution in [0, 0.1) is 0 Å². The largest absolute Gasteiger partial charge is 0.472 e. The monoisotopic (exact) mass is 796 g/mol. The van der Waals surface area contributed by atoms with Crippen LogP contribution in [0.4, 0.5) is 0 Å². The lowest BCUT2D eigenvalue weighted by atomic mass is 10.1. The van der Waals surface area contributed by atoms with E-state index in [0.29, 0.717) is 6.42 Å². The molecular weight excluding hydrogens is 713 g/mol. The number of hydrogen-bond acceptors (Lipinski definition) is 8. The summed E-state index contributed by atoms with van der Waals surface area (Å²) in [4.78, 5) is 34.9. The second-order valence-corrected chi connectivity index (χ2v) is 16.0. The van der Waals surface area contributed by atoms with Crippen LogP contribution in [0.15, 0.2) is 48.6 Å². The van der Waals surface area contributed by atoms with Crippen molar-refractivity contribution in [1.29, 1.82) is 0 Å². The first-order valence-corrected chi connectivity index (χ1v) is 23.6. The number of nitrogens with two attached hydrogens (primary N) is 1. The number of unbranched alkanes of at least 4 members (excludes halogenated alkanes) is 20. The van der Waals surface area contributed by atoms with E-state index in [1.165, 1.54) is 109 Å². The average Bonchev–Trinajstić information content (AvgIpc) is 3.17. The van der Waals surface area contributed by atoms with Crippen molar-refractivity contribution in [1.82, 2.24) is 0 Å². The summed E-state index contributed by atoms with van der Waals surface area (Å²) in [5, 5.41) is 0. The van der Waals surface area contributed by atoms with E-state index in [-0.39, 0.29) is 32.6 Å². The number of hydrogen-bond donors (Lipinski definition) is 2. The summed E-state index contributed by atoms with van der Waals surface area (Å²) >= 11 is 0. The number of esters is 2. The Bertz CT molecular complexity index is 1040. The van der Waals surface area contributed by atoms with Gasteiger partial charge in [0.05, 0.1) is 13.2 Å². The van der Waals surface area contributed by atoms with Gasteiger partial charge in [-0.25, -0.2) is 4.57 Å². The molecule has 9 nitrogen and oxygen atoms in total. The van der Waals surface area contributed by atoms with Crippen LogP contribution in [0.5, 0.6) is 0 Å². The molecule has 0 aliphatic heterocycles. The lowest BCUT2D eigenvalue weighted by Gasteiger charge is -2.19. The van der Waals surface area contributed by atoms with E-state index < -0.39 is 32.5 Å². The van der Waals surface area contributed by atoms with Crippen molar-refractivity contribution in [3.63, 3.8) is 0 Å². The predicted octanol–water partition coefficient (Wildman–Crippen LogP) is 12.7. The second-order valence-electron chi connectivity index (χ2n) is 14.6. The highest BCUT2D eigenvalue weighted by Gasteiger charge is 2.26. The first kappa shape index (κ1) is 53.0. The molecule has 320 valence electrons. The fraction of sp³-hybridized carbons (Fsp3) is 0.778. The van der Waals surface area contributed by atoms with Crippen molar-refractivity contribution in [2.75, 3.05) is 26.4 Å². The summed E-state index contributed by atoms with van der Waals surface area (Å²) in [5.41, 5.74) is 5.34. The van der Waals surface area contributed by atoms with Crippen LogP contribution < -0.4 is 5.73 Å². The van der Waals surface area contributed by atoms with Crippen LogP contribution in [-0.4, -0.2) is 49.3 Å². The molecule has 0 heterocycles. The Morgan fingerprint density at radius 2 is 0.945 bits per heavy atom. The quantitative estimate of drug-likeness (QED) is 0.0268. The number of carbonyl (C=O) groups excluding carboxylic acids is 2. The summed E-state index contributed by atoms with van der Waals surface area (Å²) in [6.07, 6.45) is 47.1. The smallest absolute Gasteiger partial charge is 0.462 e. The van der Waals surface area contributed by atoms with Gasteiger partial charge in [-0.2, -0.15) is 0 Å². The Morgan fingerprint density at radius 1 is 0.545 bits per heavy atom. The van der Waals surface area contributed by atoms with Crippen molar-refractivity contribution >= 4 is 19.8 Å². The third-order valence-electron chi connectivity index (χ3n) is 9.19. The molecule has 0 saturated heterocycles. The van der Waals surface area contributed by atoms with Crippen molar-refractivity contribution < 1.29 is 37.6 Å². The Hall–Kier alpha value is -2.03. The lowest BCUT2D eigenvalue weighted by molar-refractivity contribution is -0.161. The molecule has 2 unspecified atom stereocenters. The van der Waals surface area contributed by atoms with Gasteiger partial charge in [-0.15, -0.1) is 0 Å². The fourth-order valence-electron chi connectivity index (χ4n) is 5.87. The van der Waals surface area contributed by atoms with E-state index in [2.05, 4.69) is 62.5 Å². The van der Waals surface area contributed by atoms with Crippen LogP contribution in [0.2, 0.25) is 0 Å². The first-order valence-electron chi connectivity index (χ1n) is 22.1. The lowest BCUT2D eigenvalue weighted by Crippen LogP contribution is -2.29. The number of ether oxygens (including phenoxy) is 2. The van der Waals surface area contributed by atoms with Crippen LogP contribution in [-0.2, 0) is 32.7 Å². The van der Waals surface area contributed by atoms with Gasteiger partial charge in [-0.05, 0) is 77.0 Å². The third-order valence-corrected chi connectivity index (χ3v) is 10.2. The maximum absolute atomic E-state index is 12.6. The van der Waals surface area contributed by atoms with Gasteiger partial charge in [-0.3, -0.25) is 18.6 Å². The number of allylic oxidation sites excluding steroid dienone is 8. The maximum atomic E-state index is 12.6. The molecule has 0 fully saturated rings. The zero-order chi connectivity index (χ0) is 40.3. The number of phosphoric ester groups is 1. The summed E-state index contributed by atoms with van der Waals surface area (Å²) in [6.45, 7) is 3.65. The minimum atomic E-state index is -4.39. The minimum Gasteiger partial charge on any atom is -0.462 e. The molecule has 0 amide bonds. The molecule has 0 radical (unpaired) electrons. The number of carbonyl (C=O) groups is 2. The molecule has 0 aromatic rings. The van der Waals surface area contributed by atoms with Gasteiger partial charge >= 0.3 is 19.8 Å². The Labute approximate surface area is 336 Å². The average molecular weight is 796 g/mol. The van der Waals surface area contributed by atoms with E-state index >= 15 is 0 Å². The molecule has 10 heteroatoms. The third kappa shape index (κ3) is 41.4. The van der Waals surface area contributed by atoms with Crippen LogP contribution in [0.3, 0.4) is 0 Å². The van der Waals surface area contributed by atoms with Crippen molar-refractivity contribution in [2.45, 2.75) is 200 Å². The van der Waals surface area contributed by atoms with Crippen LogP contribution in [0.1, 0.15) is 194 Å². The Balaban J connectivity index is 4.18. The molecule has 3 N–H and O–H groups in total. The van der Waals surface area contributed by atoms with Crippen molar-refractivity contribution in [2.24, 2.45) is 5.73 Å². The van der Waals surface area contributed by atoms with Crippen LogP contribution in [0.25, 0.3) is 0 Å². The van der Waals surface area contributed by atoms with Gasteiger partial charge in [0.25, 0.3) is 0 Å². The number of phosphoric acid groups is 1. The normalized spacial score (nSPS) is 13.7. The molecule has 2 atom stereocenters. The van der Waals surface area contributed by atoms with Crippen molar-refractivity contribution in [3.8, 4) is 0 Å². The highest BCUT2D eigenvalue weighted by atomic mass is 31.2. The molecule has 55 heavy (non-hydrogen) atoms. The molecule has 0 rings (SSSR count). The molecule has 0 aromatic carbocycles. The molecular formula is C45H82NO8P. The highest BCUT2D eigenvalue weighted by molar-refractivity contribution is 7.47. The van der Waals surface area contributed by atoms with E-state index in [0.717, 1.165) is 51.4 Å². The van der Waals surface area contributed by atoms with Gasteiger partial charge in [0, 0.05) is 19.4 Å². The van der Waals surface area contributed by atoms with Gasteiger partial charge in [0.2, 0.25) is 0 Å². The Kier molecular flexibility index (Phi) is 40.1. The summed E-state index contributed by atoms with van der Waals surface area (Å²) in [6, 6.07) is 0. The summed E-state index contributed by atoms with van der Waals surface area (Å²) in [7, 11) is -4.39. The molecule has 0 aliphatic rings. The minimum absolute atomic E-state index is 0.0458. The zero-order valence-electron chi connectivity index (χ0n) is 35.2.